The molecule has 13 heavy (non-hydrogen) atoms. The molecule has 0 fully saturated rings. The summed E-state index contributed by atoms with van der Waals surface area (Å²) in [5.41, 5.74) is 5.42. The summed E-state index contributed by atoms with van der Waals surface area (Å²) in [6.07, 6.45) is 0. The van der Waals surface area contributed by atoms with E-state index in [1.165, 1.54) is 0 Å². The van der Waals surface area contributed by atoms with Crippen LogP contribution in [0.25, 0.3) is 0 Å². The van der Waals surface area contributed by atoms with E-state index in [1.54, 1.807) is 24.3 Å². The summed E-state index contributed by atoms with van der Waals surface area (Å²) in [5, 5.41) is 0. The smallest absolute Gasteiger partial charge is 0.339 e. The molecule has 3 heteroatoms. The molecule has 0 bridgehead atoms. The second-order valence-electron chi connectivity index (χ2n) is 2.26. The van der Waals surface area contributed by atoms with Crippen molar-refractivity contribution in [3.8, 4) is 12.0 Å². The largest absolute Gasteiger partial charge is 0.449 e. The number of carbonyl (C=O) groups excluding carboxylic acids is 1. The SMILES string of the molecule is NC#CCOC(=O)c1ccccc1. The van der Waals surface area contributed by atoms with E-state index in [0.29, 0.717) is 5.56 Å². The Morgan fingerprint density at radius 3 is 2.69 bits per heavy atom. The normalized spacial score (nSPS) is 8.31. The first-order chi connectivity index (χ1) is 6.34. The Morgan fingerprint density at radius 1 is 1.38 bits per heavy atom. The first-order valence-corrected chi connectivity index (χ1v) is 3.75. The van der Waals surface area contributed by atoms with Crippen LogP contribution in [0.15, 0.2) is 30.3 Å². The molecule has 0 aliphatic heterocycles. The lowest BCUT2D eigenvalue weighted by Crippen LogP contribution is -2.05. The van der Waals surface area contributed by atoms with Gasteiger partial charge in [0.1, 0.15) is 0 Å². The number of nitrogens with two attached hydrogens (primary N) is 1. The molecule has 0 saturated carbocycles. The molecule has 0 amide bonds. The Balaban J connectivity index is 2.53. The third-order valence-electron chi connectivity index (χ3n) is 1.39. The summed E-state index contributed by atoms with van der Waals surface area (Å²) in [4.78, 5) is 11.2. The molecule has 0 spiro atoms. The van der Waals surface area contributed by atoms with E-state index in [4.69, 9.17) is 10.5 Å². The lowest BCUT2D eigenvalue weighted by molar-refractivity contribution is 0.0556. The minimum atomic E-state index is -0.386. The number of benzene rings is 1. The van der Waals surface area contributed by atoms with Crippen molar-refractivity contribution in [3.05, 3.63) is 35.9 Å². The van der Waals surface area contributed by atoms with E-state index in [0.717, 1.165) is 0 Å². The highest BCUT2D eigenvalue weighted by molar-refractivity contribution is 5.89. The van der Waals surface area contributed by atoms with Gasteiger partial charge in [0.05, 0.1) is 5.56 Å². The zero-order valence-electron chi connectivity index (χ0n) is 6.99. The molecular weight excluding hydrogens is 166 g/mol. The zero-order valence-corrected chi connectivity index (χ0v) is 6.99. The van der Waals surface area contributed by atoms with Crippen molar-refractivity contribution in [3.63, 3.8) is 0 Å². The molecule has 2 N–H and O–H groups in total. The third-order valence-corrected chi connectivity index (χ3v) is 1.39. The van der Waals surface area contributed by atoms with Crippen LogP contribution in [0.2, 0.25) is 0 Å². The summed E-state index contributed by atoms with van der Waals surface area (Å²) in [6, 6.07) is 10.9. The number of esters is 1. The van der Waals surface area contributed by atoms with Crippen LogP contribution in [0.3, 0.4) is 0 Å². The second kappa shape index (κ2) is 4.83. The van der Waals surface area contributed by atoms with Gasteiger partial charge in [-0.3, -0.25) is 0 Å². The molecule has 0 radical (unpaired) electrons. The van der Waals surface area contributed by atoms with E-state index < -0.39 is 0 Å². The van der Waals surface area contributed by atoms with Crippen LogP contribution in [-0.2, 0) is 4.74 Å². The standard InChI is InChI=1S/C10H9NO2/c11-7-4-8-13-10(12)9-5-2-1-3-6-9/h1-3,5-6H,8,11H2. The lowest BCUT2D eigenvalue weighted by Gasteiger charge is -1.98. The highest BCUT2D eigenvalue weighted by atomic mass is 16.5. The van der Waals surface area contributed by atoms with Gasteiger partial charge < -0.3 is 10.5 Å². The quantitative estimate of drug-likeness (QED) is 0.410. The van der Waals surface area contributed by atoms with Crippen molar-refractivity contribution in [1.82, 2.24) is 0 Å². The van der Waals surface area contributed by atoms with Crippen LogP contribution in [0, 0.1) is 12.0 Å². The predicted octanol–water partition coefficient (Wildman–Crippen LogP) is 0.763. The Kier molecular flexibility index (Phi) is 3.40. The third kappa shape index (κ3) is 2.88. The van der Waals surface area contributed by atoms with Crippen LogP contribution in [0.5, 0.6) is 0 Å². The molecule has 0 aliphatic rings. The fourth-order valence-electron chi connectivity index (χ4n) is 0.801. The highest BCUT2D eigenvalue weighted by Crippen LogP contribution is 2.00. The lowest BCUT2D eigenvalue weighted by atomic mass is 10.2. The maximum absolute atomic E-state index is 11.2. The first kappa shape index (κ1) is 9.14. The maximum atomic E-state index is 11.2. The number of carbonyl (C=O) groups is 1. The van der Waals surface area contributed by atoms with Crippen LogP contribution in [0.1, 0.15) is 10.4 Å². The molecule has 0 atom stereocenters. The van der Waals surface area contributed by atoms with Gasteiger partial charge in [-0.15, -0.1) is 0 Å². The van der Waals surface area contributed by atoms with Crippen LogP contribution < -0.4 is 5.73 Å². The van der Waals surface area contributed by atoms with E-state index in [1.807, 2.05) is 6.07 Å². The average Bonchev–Trinajstić information content (AvgIpc) is 2.19. The van der Waals surface area contributed by atoms with Crippen molar-refractivity contribution >= 4 is 5.97 Å². The topological polar surface area (TPSA) is 52.3 Å². The molecule has 3 nitrogen and oxygen atoms in total. The van der Waals surface area contributed by atoms with E-state index in [-0.39, 0.29) is 12.6 Å². The molecule has 0 unspecified atom stereocenters. The molecule has 1 aromatic rings. The Bertz CT molecular complexity index is 335. The fourth-order valence-corrected chi connectivity index (χ4v) is 0.801. The summed E-state index contributed by atoms with van der Waals surface area (Å²) in [5.74, 6) is 2.05. The van der Waals surface area contributed by atoms with Crippen LogP contribution in [0.4, 0.5) is 0 Å². The number of hydrogen-bond donors (Lipinski definition) is 1. The molecular formula is C10H9NO2. The van der Waals surface area contributed by atoms with Gasteiger partial charge in [-0.25, -0.2) is 4.79 Å². The molecule has 1 aromatic carbocycles. The molecule has 0 aliphatic carbocycles. The minimum absolute atomic E-state index is 0.0320. The molecule has 1 rings (SSSR count). The van der Waals surface area contributed by atoms with Gasteiger partial charge in [-0.05, 0) is 18.1 Å². The van der Waals surface area contributed by atoms with E-state index >= 15 is 0 Å². The first-order valence-electron chi connectivity index (χ1n) is 3.75. The molecule has 66 valence electrons. The number of rotatable bonds is 2. The van der Waals surface area contributed by atoms with Crippen molar-refractivity contribution in [2.45, 2.75) is 0 Å². The molecule has 0 saturated heterocycles. The highest BCUT2D eigenvalue weighted by Gasteiger charge is 2.03. The Labute approximate surface area is 76.5 Å². The molecule has 0 aromatic heterocycles. The summed E-state index contributed by atoms with van der Waals surface area (Å²) in [6.45, 7) is 0.0320. The molecule has 0 heterocycles. The van der Waals surface area contributed by atoms with E-state index in [2.05, 4.69) is 12.0 Å². The van der Waals surface area contributed by atoms with E-state index in [9.17, 15) is 4.79 Å². The number of hydrogen-bond acceptors (Lipinski definition) is 3. The van der Waals surface area contributed by atoms with Crippen molar-refractivity contribution < 1.29 is 9.53 Å². The maximum Gasteiger partial charge on any atom is 0.339 e. The second-order valence-corrected chi connectivity index (χ2v) is 2.26. The fraction of sp³-hybridized carbons (Fsp3) is 0.100. The van der Waals surface area contributed by atoms with Gasteiger partial charge in [0.25, 0.3) is 0 Å². The summed E-state index contributed by atoms with van der Waals surface area (Å²) >= 11 is 0. The van der Waals surface area contributed by atoms with Crippen molar-refractivity contribution in [2.75, 3.05) is 6.61 Å². The predicted molar refractivity (Wildman–Crippen MR) is 48.7 cm³/mol. The zero-order chi connectivity index (χ0) is 9.52. The van der Waals surface area contributed by atoms with Gasteiger partial charge in [-0.1, -0.05) is 18.2 Å². The van der Waals surface area contributed by atoms with Crippen molar-refractivity contribution in [1.29, 1.82) is 0 Å². The van der Waals surface area contributed by atoms with Gasteiger partial charge in [0.2, 0.25) is 0 Å². The minimum Gasteiger partial charge on any atom is -0.449 e. The summed E-state index contributed by atoms with van der Waals surface area (Å²) < 4.78 is 4.78. The Morgan fingerprint density at radius 2 is 2.08 bits per heavy atom. The average molecular weight is 175 g/mol. The van der Waals surface area contributed by atoms with Gasteiger partial charge in [-0.2, -0.15) is 0 Å². The monoisotopic (exact) mass is 175 g/mol. The van der Waals surface area contributed by atoms with Crippen LogP contribution in [-0.4, -0.2) is 12.6 Å². The van der Waals surface area contributed by atoms with Crippen molar-refractivity contribution in [2.24, 2.45) is 5.73 Å². The van der Waals surface area contributed by atoms with Crippen LogP contribution >= 0.6 is 0 Å². The van der Waals surface area contributed by atoms with Gasteiger partial charge >= 0.3 is 5.97 Å². The summed E-state index contributed by atoms with van der Waals surface area (Å²) in [7, 11) is 0. The van der Waals surface area contributed by atoms with Gasteiger partial charge in [0, 0.05) is 6.04 Å². The Hall–Kier alpha value is -1.95. The van der Waals surface area contributed by atoms with Gasteiger partial charge in [0.15, 0.2) is 6.61 Å². The number of ether oxygens (including phenoxy) is 1.